The maximum atomic E-state index is 11.8. The van der Waals surface area contributed by atoms with Crippen molar-refractivity contribution in [1.29, 1.82) is 0 Å². The van der Waals surface area contributed by atoms with Gasteiger partial charge in [-0.15, -0.1) is 5.10 Å². The zero-order chi connectivity index (χ0) is 15.2. The fourth-order valence-electron chi connectivity index (χ4n) is 1.64. The molecular formula is C13H15BrN4O3. The second-order valence-corrected chi connectivity index (χ2v) is 5.19. The van der Waals surface area contributed by atoms with E-state index in [1.165, 1.54) is 0 Å². The minimum Gasteiger partial charge on any atom is -0.458 e. The smallest absolute Gasteiger partial charge is 0.360 e. The first-order valence-electron chi connectivity index (χ1n) is 6.28. The number of hydrogen-bond acceptors (Lipinski definition) is 6. The predicted octanol–water partition coefficient (Wildman–Crippen LogP) is 1.60. The van der Waals surface area contributed by atoms with E-state index in [4.69, 9.17) is 9.47 Å². The van der Waals surface area contributed by atoms with E-state index in [0.29, 0.717) is 18.8 Å². The Bertz CT molecular complexity index is 612. The number of pyridine rings is 1. The lowest BCUT2D eigenvalue weighted by molar-refractivity contribution is 0.0380. The SMILES string of the molecule is COCCOC(=O)c1nnn(Cc2ccc(Br)cn2)c1C. The predicted molar refractivity (Wildman–Crippen MR) is 78.0 cm³/mol. The van der Waals surface area contributed by atoms with E-state index in [1.54, 1.807) is 24.9 Å². The molecule has 7 nitrogen and oxygen atoms in total. The molecule has 2 rings (SSSR count). The van der Waals surface area contributed by atoms with Crippen LogP contribution in [0.3, 0.4) is 0 Å². The van der Waals surface area contributed by atoms with Gasteiger partial charge in [0.05, 0.1) is 24.5 Å². The van der Waals surface area contributed by atoms with Crippen molar-refractivity contribution in [2.75, 3.05) is 20.3 Å². The van der Waals surface area contributed by atoms with E-state index in [2.05, 4.69) is 31.2 Å². The number of halogens is 1. The molecule has 2 aromatic rings. The number of esters is 1. The maximum Gasteiger partial charge on any atom is 0.360 e. The van der Waals surface area contributed by atoms with Crippen molar-refractivity contribution in [2.45, 2.75) is 13.5 Å². The molecule has 8 heteroatoms. The number of carbonyl (C=O) groups excluding carboxylic acids is 1. The van der Waals surface area contributed by atoms with Crippen LogP contribution in [0.2, 0.25) is 0 Å². The molecule has 2 aromatic heterocycles. The molecular weight excluding hydrogens is 340 g/mol. The zero-order valence-electron chi connectivity index (χ0n) is 11.7. The van der Waals surface area contributed by atoms with Gasteiger partial charge in [-0.05, 0) is 35.0 Å². The summed E-state index contributed by atoms with van der Waals surface area (Å²) in [6.45, 7) is 2.75. The Morgan fingerprint density at radius 3 is 2.86 bits per heavy atom. The summed E-state index contributed by atoms with van der Waals surface area (Å²) in [4.78, 5) is 16.1. The number of methoxy groups -OCH3 is 1. The van der Waals surface area contributed by atoms with Crippen LogP contribution in [0.15, 0.2) is 22.8 Å². The molecule has 2 heterocycles. The molecule has 0 amide bonds. The molecule has 0 spiro atoms. The molecule has 0 atom stereocenters. The van der Waals surface area contributed by atoms with Crippen molar-refractivity contribution < 1.29 is 14.3 Å². The first-order valence-corrected chi connectivity index (χ1v) is 7.07. The van der Waals surface area contributed by atoms with Gasteiger partial charge in [-0.3, -0.25) is 4.98 Å². The van der Waals surface area contributed by atoms with E-state index >= 15 is 0 Å². The molecule has 0 saturated carbocycles. The zero-order valence-corrected chi connectivity index (χ0v) is 13.3. The molecule has 112 valence electrons. The van der Waals surface area contributed by atoms with Gasteiger partial charge in [-0.1, -0.05) is 5.21 Å². The Labute approximate surface area is 130 Å². The third-order valence-electron chi connectivity index (χ3n) is 2.80. The third kappa shape index (κ3) is 4.08. The average molecular weight is 355 g/mol. The van der Waals surface area contributed by atoms with Crippen LogP contribution in [0, 0.1) is 6.92 Å². The first-order chi connectivity index (χ1) is 10.1. The molecule has 0 fully saturated rings. The van der Waals surface area contributed by atoms with E-state index in [0.717, 1.165) is 10.2 Å². The number of nitrogens with zero attached hydrogens (tertiary/aromatic N) is 4. The average Bonchev–Trinajstić information content (AvgIpc) is 2.83. The van der Waals surface area contributed by atoms with Gasteiger partial charge in [0, 0.05) is 17.8 Å². The quantitative estimate of drug-likeness (QED) is 0.579. The minimum atomic E-state index is -0.500. The van der Waals surface area contributed by atoms with Crippen molar-refractivity contribution >= 4 is 21.9 Å². The Balaban J connectivity index is 2.06. The molecule has 0 aromatic carbocycles. The van der Waals surface area contributed by atoms with E-state index in [9.17, 15) is 4.79 Å². The summed E-state index contributed by atoms with van der Waals surface area (Å²) in [6.07, 6.45) is 1.71. The summed E-state index contributed by atoms with van der Waals surface area (Å²) < 4.78 is 12.4. The molecule has 0 aliphatic rings. The number of carbonyl (C=O) groups is 1. The van der Waals surface area contributed by atoms with Crippen LogP contribution in [0.1, 0.15) is 21.9 Å². The fraction of sp³-hybridized carbons (Fsp3) is 0.385. The molecule has 21 heavy (non-hydrogen) atoms. The van der Waals surface area contributed by atoms with Crippen LogP contribution >= 0.6 is 15.9 Å². The molecule has 0 aliphatic heterocycles. The maximum absolute atomic E-state index is 11.8. The summed E-state index contributed by atoms with van der Waals surface area (Å²) in [7, 11) is 1.54. The largest absolute Gasteiger partial charge is 0.458 e. The number of aromatic nitrogens is 4. The summed E-state index contributed by atoms with van der Waals surface area (Å²) in [6, 6.07) is 3.77. The highest BCUT2D eigenvalue weighted by atomic mass is 79.9. The Hall–Kier alpha value is -1.80. The lowest BCUT2D eigenvalue weighted by Crippen LogP contribution is -2.12. The molecule has 0 bridgehead atoms. The van der Waals surface area contributed by atoms with Gasteiger partial charge in [0.25, 0.3) is 0 Å². The fourth-order valence-corrected chi connectivity index (χ4v) is 1.87. The standard InChI is InChI=1S/C13H15BrN4O3/c1-9-12(13(19)21-6-5-20-2)16-17-18(9)8-11-4-3-10(14)7-15-11/h3-4,7H,5-6,8H2,1-2H3. The van der Waals surface area contributed by atoms with Crippen LogP contribution in [0.25, 0.3) is 0 Å². The summed E-state index contributed by atoms with van der Waals surface area (Å²) >= 11 is 3.33. The van der Waals surface area contributed by atoms with Crippen molar-refractivity contribution in [3.63, 3.8) is 0 Å². The number of hydrogen-bond donors (Lipinski definition) is 0. The number of rotatable bonds is 6. The highest BCUT2D eigenvalue weighted by Gasteiger charge is 2.18. The van der Waals surface area contributed by atoms with Gasteiger partial charge in [0.15, 0.2) is 5.69 Å². The third-order valence-corrected chi connectivity index (χ3v) is 3.27. The van der Waals surface area contributed by atoms with E-state index in [1.807, 2.05) is 12.1 Å². The normalized spacial score (nSPS) is 10.6. The highest BCUT2D eigenvalue weighted by Crippen LogP contribution is 2.11. The van der Waals surface area contributed by atoms with Crippen molar-refractivity contribution in [2.24, 2.45) is 0 Å². The molecule has 0 radical (unpaired) electrons. The second-order valence-electron chi connectivity index (χ2n) is 4.28. The van der Waals surface area contributed by atoms with Gasteiger partial charge in [0.2, 0.25) is 0 Å². The number of ether oxygens (including phenoxy) is 2. The monoisotopic (exact) mass is 354 g/mol. The first kappa shape index (κ1) is 15.6. The van der Waals surface area contributed by atoms with Crippen LogP contribution in [0.4, 0.5) is 0 Å². The summed E-state index contributed by atoms with van der Waals surface area (Å²) in [5.41, 5.74) is 1.68. The van der Waals surface area contributed by atoms with Crippen LogP contribution in [-0.2, 0) is 16.0 Å². The topological polar surface area (TPSA) is 79.1 Å². The van der Waals surface area contributed by atoms with Crippen molar-refractivity contribution in [3.8, 4) is 0 Å². The van der Waals surface area contributed by atoms with Crippen LogP contribution < -0.4 is 0 Å². The van der Waals surface area contributed by atoms with E-state index < -0.39 is 5.97 Å². The lowest BCUT2D eigenvalue weighted by Gasteiger charge is -2.04. The minimum absolute atomic E-state index is 0.190. The second kappa shape index (κ2) is 7.28. The van der Waals surface area contributed by atoms with Crippen molar-refractivity contribution in [1.82, 2.24) is 20.0 Å². The van der Waals surface area contributed by atoms with Gasteiger partial charge in [-0.25, -0.2) is 9.48 Å². The van der Waals surface area contributed by atoms with E-state index in [-0.39, 0.29) is 12.3 Å². The van der Waals surface area contributed by atoms with Crippen LogP contribution in [-0.4, -0.2) is 46.3 Å². The highest BCUT2D eigenvalue weighted by molar-refractivity contribution is 9.10. The Morgan fingerprint density at radius 1 is 1.38 bits per heavy atom. The van der Waals surface area contributed by atoms with Gasteiger partial charge >= 0.3 is 5.97 Å². The molecule has 0 aliphatic carbocycles. The Morgan fingerprint density at radius 2 is 2.19 bits per heavy atom. The van der Waals surface area contributed by atoms with Gasteiger partial charge in [-0.2, -0.15) is 0 Å². The van der Waals surface area contributed by atoms with Crippen LogP contribution in [0.5, 0.6) is 0 Å². The van der Waals surface area contributed by atoms with Gasteiger partial charge in [0.1, 0.15) is 6.61 Å². The lowest BCUT2D eigenvalue weighted by atomic mass is 10.3. The molecule has 0 N–H and O–H groups in total. The molecule has 0 saturated heterocycles. The van der Waals surface area contributed by atoms with Crippen molar-refractivity contribution in [3.05, 3.63) is 39.9 Å². The summed E-state index contributed by atoms with van der Waals surface area (Å²) in [5, 5.41) is 7.83. The van der Waals surface area contributed by atoms with Gasteiger partial charge < -0.3 is 9.47 Å². The Kier molecular flexibility index (Phi) is 5.40. The summed E-state index contributed by atoms with van der Waals surface area (Å²) in [5.74, 6) is -0.500. The molecule has 0 unspecified atom stereocenters.